The minimum Gasteiger partial charge on any atom is -0.364 e. The topological polar surface area (TPSA) is 87.3 Å². The van der Waals surface area contributed by atoms with E-state index in [9.17, 15) is 10.1 Å². The number of ether oxygens (including phenoxy) is 1. The van der Waals surface area contributed by atoms with Gasteiger partial charge in [0.1, 0.15) is 23.1 Å². The van der Waals surface area contributed by atoms with E-state index in [1.165, 1.54) is 6.08 Å². The van der Waals surface area contributed by atoms with Crippen molar-refractivity contribution in [2.24, 2.45) is 12.5 Å². The van der Waals surface area contributed by atoms with E-state index in [1.807, 2.05) is 36.7 Å². The van der Waals surface area contributed by atoms with Gasteiger partial charge >= 0.3 is 0 Å². The Morgan fingerprint density at radius 3 is 2.75 bits per heavy atom. The highest BCUT2D eigenvalue weighted by atomic mass is 16.5. The summed E-state index contributed by atoms with van der Waals surface area (Å²) >= 11 is 0. The molecule has 2 saturated heterocycles. The van der Waals surface area contributed by atoms with Crippen LogP contribution in [0.2, 0.25) is 0 Å². The van der Waals surface area contributed by atoms with Crippen LogP contribution in [-0.4, -0.2) is 51.8 Å². The van der Waals surface area contributed by atoms with Gasteiger partial charge in [-0.15, -0.1) is 0 Å². The largest absolute Gasteiger partial charge is 0.364 e. The van der Waals surface area contributed by atoms with Crippen molar-refractivity contribution in [2.75, 3.05) is 31.1 Å². The number of aryl methyl sites for hydroxylation is 2. The van der Waals surface area contributed by atoms with E-state index in [2.05, 4.69) is 41.7 Å². The van der Waals surface area contributed by atoms with E-state index in [4.69, 9.17) is 9.72 Å². The molecule has 2 fully saturated rings. The number of hydrogen-bond donors (Lipinski definition) is 0. The predicted octanol–water partition coefficient (Wildman–Crippen LogP) is 3.81. The van der Waals surface area contributed by atoms with Crippen molar-refractivity contribution in [1.29, 1.82) is 5.26 Å². The van der Waals surface area contributed by atoms with Crippen molar-refractivity contribution >= 4 is 22.6 Å². The number of hydrogen-bond acceptors (Lipinski definition) is 6. The van der Waals surface area contributed by atoms with Crippen molar-refractivity contribution in [2.45, 2.75) is 39.4 Å². The molecule has 3 aliphatic heterocycles. The maximum absolute atomic E-state index is 12.0. The van der Waals surface area contributed by atoms with E-state index >= 15 is 0 Å². The van der Waals surface area contributed by atoms with Gasteiger partial charge in [0.15, 0.2) is 0 Å². The van der Waals surface area contributed by atoms with Gasteiger partial charge in [-0.1, -0.05) is 18.7 Å². The Labute approximate surface area is 210 Å². The predicted molar refractivity (Wildman–Crippen MR) is 137 cm³/mol. The van der Waals surface area contributed by atoms with Crippen LogP contribution >= 0.6 is 0 Å². The van der Waals surface area contributed by atoms with Crippen molar-refractivity contribution in [1.82, 2.24) is 19.7 Å². The molecule has 6 rings (SSSR count). The summed E-state index contributed by atoms with van der Waals surface area (Å²) in [6.45, 7) is 13.2. The number of pyridine rings is 1. The number of nitriles is 1. The zero-order chi connectivity index (χ0) is 25.4. The normalized spacial score (nSPS) is 19.4. The molecule has 36 heavy (non-hydrogen) atoms. The molecule has 0 unspecified atom stereocenters. The zero-order valence-electron chi connectivity index (χ0n) is 21.3. The Morgan fingerprint density at radius 2 is 2.03 bits per heavy atom. The summed E-state index contributed by atoms with van der Waals surface area (Å²) < 4.78 is 8.10. The second-order valence-corrected chi connectivity index (χ2v) is 11.0. The van der Waals surface area contributed by atoms with E-state index < -0.39 is 5.60 Å². The summed E-state index contributed by atoms with van der Waals surface area (Å²) in [6.07, 6.45) is 4.21. The fourth-order valence-electron chi connectivity index (χ4n) is 6.29. The van der Waals surface area contributed by atoms with Crippen LogP contribution in [0, 0.1) is 23.7 Å². The molecule has 0 aliphatic carbocycles. The highest BCUT2D eigenvalue weighted by molar-refractivity contribution is 5.99. The van der Waals surface area contributed by atoms with Crippen LogP contribution in [0.4, 0.5) is 5.82 Å². The summed E-state index contributed by atoms with van der Waals surface area (Å²) in [5.74, 6) is 0.696. The number of amides is 1. The first-order valence-corrected chi connectivity index (χ1v) is 12.4. The van der Waals surface area contributed by atoms with Crippen LogP contribution in [0.15, 0.2) is 31.0 Å². The van der Waals surface area contributed by atoms with Crippen LogP contribution in [0.5, 0.6) is 0 Å². The first-order valence-electron chi connectivity index (χ1n) is 12.4. The van der Waals surface area contributed by atoms with Gasteiger partial charge in [-0.2, -0.15) is 10.4 Å². The van der Waals surface area contributed by atoms with Gasteiger partial charge in [0.05, 0.1) is 24.0 Å². The van der Waals surface area contributed by atoms with Gasteiger partial charge in [-0.25, -0.2) is 4.98 Å². The summed E-state index contributed by atoms with van der Waals surface area (Å²) in [5, 5.41) is 16.1. The lowest BCUT2D eigenvalue weighted by molar-refractivity contribution is -0.136. The summed E-state index contributed by atoms with van der Waals surface area (Å²) in [7, 11) is 1.94. The van der Waals surface area contributed by atoms with E-state index in [1.54, 1.807) is 0 Å². The molecule has 8 heteroatoms. The molecule has 3 aromatic rings. The summed E-state index contributed by atoms with van der Waals surface area (Å²) in [5.41, 5.74) is 5.97. The second-order valence-electron chi connectivity index (χ2n) is 11.0. The molecule has 0 saturated carbocycles. The lowest BCUT2D eigenvalue weighted by Crippen LogP contribution is -2.59. The molecule has 0 radical (unpaired) electrons. The summed E-state index contributed by atoms with van der Waals surface area (Å²) in [6, 6.07) is 6.70. The quantitative estimate of drug-likeness (QED) is 0.528. The molecule has 184 valence electrons. The first-order chi connectivity index (χ1) is 17.2. The molecule has 0 bridgehead atoms. The molecule has 0 N–H and O–H groups in total. The average Bonchev–Trinajstić information content (AvgIpc) is 3.53. The van der Waals surface area contributed by atoms with Gasteiger partial charge in [-0.05, 0) is 38.8 Å². The maximum Gasteiger partial charge on any atom is 0.245 e. The monoisotopic (exact) mass is 482 g/mol. The maximum atomic E-state index is 12.0. The van der Waals surface area contributed by atoms with Crippen molar-refractivity contribution in [3.05, 3.63) is 53.4 Å². The molecule has 0 atom stereocenters. The van der Waals surface area contributed by atoms with Crippen molar-refractivity contribution < 1.29 is 9.53 Å². The van der Waals surface area contributed by atoms with Crippen LogP contribution in [0.1, 0.15) is 42.7 Å². The number of likely N-dealkylation sites (tertiary alicyclic amines) is 1. The highest BCUT2D eigenvalue weighted by Gasteiger charge is 2.50. The fraction of sp³-hybridized carbons (Fsp3) is 0.429. The van der Waals surface area contributed by atoms with E-state index in [-0.39, 0.29) is 11.3 Å². The average molecular weight is 483 g/mol. The van der Waals surface area contributed by atoms with Crippen LogP contribution in [0.25, 0.3) is 22.0 Å². The Balaban J connectivity index is 1.53. The van der Waals surface area contributed by atoms with Crippen LogP contribution < -0.4 is 4.90 Å². The molecule has 5 heterocycles. The fourth-order valence-corrected chi connectivity index (χ4v) is 6.29. The highest BCUT2D eigenvalue weighted by Crippen LogP contribution is 2.48. The number of carbonyl (C=O) groups excluding carboxylic acids is 1. The van der Waals surface area contributed by atoms with E-state index in [0.717, 1.165) is 71.5 Å². The Hall–Kier alpha value is -3.70. The molecule has 8 nitrogen and oxygen atoms in total. The van der Waals surface area contributed by atoms with Gasteiger partial charge in [0, 0.05) is 60.7 Å². The minimum atomic E-state index is -0.553. The summed E-state index contributed by atoms with van der Waals surface area (Å²) in [4.78, 5) is 21.2. The lowest BCUT2D eigenvalue weighted by atomic mass is 9.79. The third-order valence-corrected chi connectivity index (χ3v) is 8.18. The molecule has 1 aromatic carbocycles. The molecule has 2 aromatic heterocycles. The van der Waals surface area contributed by atoms with Gasteiger partial charge in [-0.3, -0.25) is 9.48 Å². The third kappa shape index (κ3) is 3.12. The Bertz CT molecular complexity index is 1490. The molecular formula is C28H30N6O2. The number of fused-ring (bicyclic) bond motifs is 2. The Kier molecular flexibility index (Phi) is 4.83. The number of nitrogens with zero attached hydrogens (tertiary/aromatic N) is 6. The lowest BCUT2D eigenvalue weighted by Gasteiger charge is -2.47. The zero-order valence-corrected chi connectivity index (χ0v) is 21.3. The molecule has 1 amide bonds. The molecule has 1 spiro atoms. The van der Waals surface area contributed by atoms with Gasteiger partial charge < -0.3 is 14.5 Å². The number of anilines is 1. The van der Waals surface area contributed by atoms with Crippen LogP contribution in [0.3, 0.4) is 0 Å². The molecule has 3 aliphatic rings. The third-order valence-electron chi connectivity index (χ3n) is 8.18. The first kappa shape index (κ1) is 22.7. The van der Waals surface area contributed by atoms with Crippen molar-refractivity contribution in [3.8, 4) is 17.2 Å². The number of rotatable bonds is 3. The second kappa shape index (κ2) is 7.65. The minimum absolute atomic E-state index is 0.0200. The van der Waals surface area contributed by atoms with Crippen LogP contribution in [-0.2, 0) is 28.8 Å². The standard InChI is InChI=1S/C28H30N6O2/c1-6-21(35)34-15-28(16-34)9-10-33(14-28)26-19(11-29)23(20-13-36-27(3,4)25(20)31-26)22-17(2)7-8-18-12-30-32(5)24(18)22/h6-8,12H,1,9-10,13-16H2,2-5H3. The smallest absolute Gasteiger partial charge is 0.245 e. The van der Waals surface area contributed by atoms with Gasteiger partial charge in [0.2, 0.25) is 5.91 Å². The van der Waals surface area contributed by atoms with Crippen molar-refractivity contribution in [3.63, 3.8) is 0 Å². The SMILES string of the molecule is C=CC(=O)N1CC2(CCN(c3nc4c(c(-c5c(C)ccc6cnn(C)c56)c3C#N)COC4(C)C)C2)C1. The number of aromatic nitrogens is 3. The molecular weight excluding hydrogens is 452 g/mol. The Morgan fingerprint density at radius 1 is 1.25 bits per heavy atom. The number of carbonyl (C=O) groups is 1. The number of benzene rings is 1. The van der Waals surface area contributed by atoms with Gasteiger partial charge in [0.25, 0.3) is 0 Å². The van der Waals surface area contributed by atoms with E-state index in [0.29, 0.717) is 18.0 Å².